The Hall–Kier alpha value is -7.36. The largest absolute Gasteiger partial charge is 0.454 e. The van der Waals surface area contributed by atoms with Gasteiger partial charge in [-0.05, 0) is 99.4 Å². The van der Waals surface area contributed by atoms with E-state index in [9.17, 15) is 0 Å². The maximum atomic E-state index is 6.68. The highest BCUT2D eigenvalue weighted by Crippen LogP contribution is 2.51. The van der Waals surface area contributed by atoms with Gasteiger partial charge in [-0.25, -0.2) is 0 Å². The van der Waals surface area contributed by atoms with Crippen molar-refractivity contribution in [2.75, 3.05) is 4.90 Å². The van der Waals surface area contributed by atoms with Gasteiger partial charge in [-0.2, -0.15) is 0 Å². The van der Waals surface area contributed by atoms with Gasteiger partial charge in [-0.15, -0.1) is 0 Å². The van der Waals surface area contributed by atoms with Crippen LogP contribution >= 0.6 is 0 Å². The van der Waals surface area contributed by atoms with Crippen LogP contribution in [0.1, 0.15) is 25.0 Å². The van der Waals surface area contributed by atoms with Crippen molar-refractivity contribution in [2.24, 2.45) is 0 Å². The molecule has 58 heavy (non-hydrogen) atoms. The SMILES string of the molecule is CC1(C)c2ccccc2-c2ccc(N(c3ccc(-c4ccc5c(c4)c4ccc6ccccc6c4n5-c4ccccc4)cc3)c3cccc4c3oc3ccccc34)cc21. The topological polar surface area (TPSA) is 21.3 Å². The zero-order valence-corrected chi connectivity index (χ0v) is 32.3. The van der Waals surface area contributed by atoms with Crippen LogP contribution in [0.3, 0.4) is 0 Å². The van der Waals surface area contributed by atoms with Gasteiger partial charge in [0, 0.05) is 49.4 Å². The number of para-hydroxylation sites is 3. The molecule has 2 aromatic heterocycles. The molecule has 0 aliphatic heterocycles. The van der Waals surface area contributed by atoms with Crippen molar-refractivity contribution in [3.05, 3.63) is 205 Å². The summed E-state index contributed by atoms with van der Waals surface area (Å²) in [5.74, 6) is 0. The second-order valence-corrected chi connectivity index (χ2v) is 16.1. The molecule has 2 heterocycles. The number of hydrogen-bond acceptors (Lipinski definition) is 2. The lowest BCUT2D eigenvalue weighted by Crippen LogP contribution is -2.16. The summed E-state index contributed by atoms with van der Waals surface area (Å²) in [7, 11) is 0. The summed E-state index contributed by atoms with van der Waals surface area (Å²) in [5.41, 5.74) is 16.1. The molecule has 3 nitrogen and oxygen atoms in total. The Morgan fingerprint density at radius 1 is 0.466 bits per heavy atom. The van der Waals surface area contributed by atoms with E-state index < -0.39 is 0 Å². The third-order valence-corrected chi connectivity index (χ3v) is 12.6. The molecule has 0 unspecified atom stereocenters. The molecule has 0 amide bonds. The van der Waals surface area contributed by atoms with Gasteiger partial charge in [0.05, 0.1) is 16.7 Å². The molecule has 274 valence electrons. The number of anilines is 3. The third-order valence-electron chi connectivity index (χ3n) is 12.6. The summed E-state index contributed by atoms with van der Waals surface area (Å²) in [6.07, 6.45) is 0. The Kier molecular flexibility index (Phi) is 6.98. The van der Waals surface area contributed by atoms with E-state index in [-0.39, 0.29) is 5.41 Å². The van der Waals surface area contributed by atoms with Crippen molar-refractivity contribution >= 4 is 71.6 Å². The van der Waals surface area contributed by atoms with E-state index in [0.29, 0.717) is 0 Å². The van der Waals surface area contributed by atoms with Crippen LogP contribution in [0.4, 0.5) is 17.1 Å². The maximum absolute atomic E-state index is 6.68. The lowest BCUT2D eigenvalue weighted by molar-refractivity contribution is 0.660. The summed E-state index contributed by atoms with van der Waals surface area (Å²) in [5, 5.41) is 7.22. The molecule has 0 spiro atoms. The first kappa shape index (κ1) is 32.8. The highest BCUT2D eigenvalue weighted by Gasteiger charge is 2.36. The predicted octanol–water partition coefficient (Wildman–Crippen LogP) is 15.3. The van der Waals surface area contributed by atoms with E-state index in [4.69, 9.17) is 4.42 Å². The lowest BCUT2D eigenvalue weighted by Gasteiger charge is -2.28. The Balaban J connectivity index is 1.02. The first-order valence-corrected chi connectivity index (χ1v) is 20.1. The van der Waals surface area contributed by atoms with Crippen LogP contribution in [0.15, 0.2) is 199 Å². The van der Waals surface area contributed by atoms with Gasteiger partial charge in [0.2, 0.25) is 0 Å². The zero-order valence-electron chi connectivity index (χ0n) is 32.3. The number of aromatic nitrogens is 1. The average Bonchev–Trinajstić information content (AvgIpc) is 3.90. The molecule has 12 rings (SSSR count). The molecule has 0 fully saturated rings. The Labute approximate surface area is 336 Å². The van der Waals surface area contributed by atoms with Gasteiger partial charge in [0.15, 0.2) is 5.58 Å². The smallest absolute Gasteiger partial charge is 0.159 e. The number of nitrogens with zero attached hydrogens (tertiary/aromatic N) is 2. The van der Waals surface area contributed by atoms with Crippen molar-refractivity contribution in [3.8, 4) is 27.9 Å². The van der Waals surface area contributed by atoms with Gasteiger partial charge in [-0.1, -0.05) is 147 Å². The minimum absolute atomic E-state index is 0.128. The number of rotatable bonds is 5. The maximum Gasteiger partial charge on any atom is 0.159 e. The van der Waals surface area contributed by atoms with E-state index in [0.717, 1.165) is 44.7 Å². The lowest BCUT2D eigenvalue weighted by atomic mass is 9.82. The molecule has 9 aromatic carbocycles. The van der Waals surface area contributed by atoms with Crippen LogP contribution < -0.4 is 4.90 Å². The number of fused-ring (bicyclic) bond motifs is 11. The Morgan fingerprint density at radius 2 is 1.17 bits per heavy atom. The first-order valence-electron chi connectivity index (χ1n) is 20.1. The predicted molar refractivity (Wildman–Crippen MR) is 243 cm³/mol. The van der Waals surface area contributed by atoms with Crippen LogP contribution in [-0.4, -0.2) is 4.57 Å². The molecule has 0 bridgehead atoms. The van der Waals surface area contributed by atoms with Crippen molar-refractivity contribution in [2.45, 2.75) is 19.3 Å². The van der Waals surface area contributed by atoms with Crippen molar-refractivity contribution in [1.29, 1.82) is 0 Å². The zero-order chi connectivity index (χ0) is 38.5. The minimum atomic E-state index is -0.128. The Morgan fingerprint density at radius 3 is 2.05 bits per heavy atom. The van der Waals surface area contributed by atoms with Crippen LogP contribution in [0, 0.1) is 0 Å². The molecule has 11 aromatic rings. The fraction of sp³-hybridized carbons (Fsp3) is 0.0545. The average molecular weight is 743 g/mol. The van der Waals surface area contributed by atoms with E-state index in [1.54, 1.807) is 0 Å². The monoisotopic (exact) mass is 742 g/mol. The van der Waals surface area contributed by atoms with Crippen molar-refractivity contribution in [1.82, 2.24) is 4.57 Å². The summed E-state index contributed by atoms with van der Waals surface area (Å²) < 4.78 is 9.10. The fourth-order valence-electron chi connectivity index (χ4n) is 9.78. The number of furan rings is 1. The summed E-state index contributed by atoms with van der Waals surface area (Å²) in [6, 6.07) is 70.6. The first-order chi connectivity index (χ1) is 28.5. The van der Waals surface area contributed by atoms with E-state index >= 15 is 0 Å². The highest BCUT2D eigenvalue weighted by atomic mass is 16.3. The van der Waals surface area contributed by atoms with Gasteiger partial charge < -0.3 is 13.9 Å². The molecule has 0 saturated carbocycles. The van der Waals surface area contributed by atoms with E-state index in [2.05, 4.69) is 211 Å². The molecule has 0 saturated heterocycles. The fourth-order valence-corrected chi connectivity index (χ4v) is 9.78. The molecule has 3 heteroatoms. The van der Waals surface area contributed by atoms with Gasteiger partial charge in [0.1, 0.15) is 5.58 Å². The van der Waals surface area contributed by atoms with Crippen LogP contribution in [0.2, 0.25) is 0 Å². The second kappa shape index (κ2) is 12.3. The normalized spacial score (nSPS) is 13.1. The number of hydrogen-bond donors (Lipinski definition) is 0. The minimum Gasteiger partial charge on any atom is -0.454 e. The van der Waals surface area contributed by atoms with Crippen LogP contribution in [0.5, 0.6) is 0 Å². The number of benzene rings is 9. The third kappa shape index (κ3) is 4.74. The van der Waals surface area contributed by atoms with Crippen molar-refractivity contribution < 1.29 is 4.42 Å². The van der Waals surface area contributed by atoms with E-state index in [1.165, 1.54) is 66.0 Å². The van der Waals surface area contributed by atoms with Crippen LogP contribution in [-0.2, 0) is 5.41 Å². The molecule has 1 aliphatic carbocycles. The summed E-state index contributed by atoms with van der Waals surface area (Å²) >= 11 is 0. The molecular formula is C55H38N2O. The molecule has 0 atom stereocenters. The van der Waals surface area contributed by atoms with Gasteiger partial charge in [-0.3, -0.25) is 0 Å². The molecule has 0 N–H and O–H groups in total. The Bertz CT molecular complexity index is 3420. The van der Waals surface area contributed by atoms with Gasteiger partial charge in [0.25, 0.3) is 0 Å². The highest BCUT2D eigenvalue weighted by molar-refractivity contribution is 6.19. The van der Waals surface area contributed by atoms with Gasteiger partial charge >= 0.3 is 0 Å². The molecule has 0 radical (unpaired) electrons. The summed E-state index contributed by atoms with van der Waals surface area (Å²) in [4.78, 5) is 2.37. The summed E-state index contributed by atoms with van der Waals surface area (Å²) in [6.45, 7) is 4.69. The van der Waals surface area contributed by atoms with Crippen molar-refractivity contribution in [3.63, 3.8) is 0 Å². The molecular weight excluding hydrogens is 705 g/mol. The molecule has 1 aliphatic rings. The van der Waals surface area contributed by atoms with E-state index in [1.807, 2.05) is 6.07 Å². The van der Waals surface area contributed by atoms with Crippen LogP contribution in [0.25, 0.3) is 82.5 Å². The second-order valence-electron chi connectivity index (χ2n) is 16.1. The quantitative estimate of drug-likeness (QED) is 0.175. The standard InChI is InChI=1S/C55H38N2O/c1-55(2)48-20-10-8-17-42(48)43-31-29-40(34-49(43)55)56(51-21-12-19-46-44-18-9-11-22-52(44)58-54(46)51)39-27-23-35(24-28-39)37-26-32-50-47(33-37)45-30-25-36-13-6-7-16-41(36)53(45)57(50)38-14-4-3-5-15-38/h3-34H,1-2H3.